The van der Waals surface area contributed by atoms with E-state index >= 15 is 0 Å². The van der Waals surface area contributed by atoms with Crippen LogP contribution < -0.4 is 0 Å². The number of aliphatic carboxylic acids is 3. The fraction of sp³-hybridized carbons (Fsp3) is 0.893. The van der Waals surface area contributed by atoms with Crippen molar-refractivity contribution in [3.63, 3.8) is 0 Å². The van der Waals surface area contributed by atoms with Crippen molar-refractivity contribution in [2.75, 3.05) is 13.2 Å². The van der Waals surface area contributed by atoms with Crippen LogP contribution in [-0.4, -0.2) is 57.1 Å². The van der Waals surface area contributed by atoms with Gasteiger partial charge in [0.2, 0.25) is 0 Å². The largest absolute Gasteiger partial charge is 0.481 e. The molecule has 0 saturated heterocycles. The molecule has 0 aliphatic heterocycles. The molecule has 0 aromatic carbocycles. The van der Waals surface area contributed by atoms with Crippen LogP contribution in [0.2, 0.25) is 0 Å². The van der Waals surface area contributed by atoms with Crippen molar-refractivity contribution in [3.05, 3.63) is 0 Å². The predicted molar refractivity (Wildman–Crippen MR) is 136 cm³/mol. The van der Waals surface area contributed by atoms with Crippen LogP contribution in [0, 0.1) is 29.1 Å². The molecule has 0 spiro atoms. The smallest absolute Gasteiger partial charge is 0.337 e. The first kappa shape index (κ1) is 30.6. The lowest BCUT2D eigenvalue weighted by atomic mass is 9.47. The van der Waals surface area contributed by atoms with E-state index in [-0.39, 0.29) is 0 Å². The molecule has 3 fully saturated rings. The molecule has 8 nitrogen and oxygen atoms in total. The van der Waals surface area contributed by atoms with Crippen molar-refractivity contribution < 1.29 is 39.5 Å². The minimum atomic E-state index is -2.84. The van der Waals surface area contributed by atoms with E-state index in [2.05, 4.69) is 0 Å². The van der Waals surface area contributed by atoms with Crippen LogP contribution in [0.3, 0.4) is 0 Å². The molecule has 2 atom stereocenters. The van der Waals surface area contributed by atoms with Crippen molar-refractivity contribution in [2.45, 2.75) is 116 Å². The van der Waals surface area contributed by atoms with Crippen molar-refractivity contribution in [2.24, 2.45) is 29.1 Å². The number of carboxylic acids is 3. The zero-order valence-corrected chi connectivity index (χ0v) is 22.3. The third-order valence-electron chi connectivity index (χ3n) is 9.05. The summed E-state index contributed by atoms with van der Waals surface area (Å²) in [5.74, 6) is -7.60. The van der Waals surface area contributed by atoms with Crippen LogP contribution in [0.15, 0.2) is 0 Å². The second-order valence-electron chi connectivity index (χ2n) is 10.9. The van der Waals surface area contributed by atoms with E-state index < -0.39 is 52.6 Å². The predicted octanol–water partition coefficient (Wildman–Crippen LogP) is 5.36. The second-order valence-corrected chi connectivity index (χ2v) is 10.9. The molecule has 208 valence electrons. The van der Waals surface area contributed by atoms with E-state index in [0.717, 1.165) is 71.0 Å². The fourth-order valence-electron chi connectivity index (χ4n) is 7.54. The summed E-state index contributed by atoms with van der Waals surface area (Å²) < 4.78 is 4.83. The molecule has 8 heteroatoms. The summed E-state index contributed by atoms with van der Waals surface area (Å²) in [4.78, 5) is 38.6. The Bertz CT molecular complexity index is 684. The first-order valence-electron chi connectivity index (χ1n) is 14.2. The van der Waals surface area contributed by atoms with Crippen molar-refractivity contribution in [1.82, 2.24) is 0 Å². The van der Waals surface area contributed by atoms with Gasteiger partial charge in [-0.15, -0.1) is 0 Å². The van der Waals surface area contributed by atoms with Gasteiger partial charge in [0, 0.05) is 13.2 Å². The molecule has 0 bridgehead atoms. The van der Waals surface area contributed by atoms with Gasteiger partial charge in [-0.05, 0) is 70.1 Å². The summed E-state index contributed by atoms with van der Waals surface area (Å²) in [7, 11) is 0. The van der Waals surface area contributed by atoms with Gasteiger partial charge in [0.25, 0.3) is 0 Å². The zero-order chi connectivity index (χ0) is 26.8. The van der Waals surface area contributed by atoms with E-state index in [9.17, 15) is 34.8 Å². The Kier molecular flexibility index (Phi) is 12.2. The van der Waals surface area contributed by atoms with Gasteiger partial charge in [-0.25, -0.2) is 4.79 Å². The highest BCUT2D eigenvalue weighted by molar-refractivity contribution is 5.94. The number of aliphatic hydroxyl groups is 1. The molecule has 4 N–H and O–H groups in total. The summed E-state index contributed by atoms with van der Waals surface area (Å²) in [6, 6.07) is 0. The standard InChI is InChI=1S/C24H38O7.C4H10O/c25-20(26)19(16-10-4-1-5-11-16)24(31,22(29)30)23(21(27)28,17-12-6-2-7-13-17)18-14-8-3-9-15-18;1-3-5-4-2/h16-19,31H,1-15H2,(H,25,26)(H,27,28)(H,29,30);3-4H2,1-2H3. The molecule has 3 rings (SSSR count). The maximum absolute atomic E-state index is 13.2. The van der Waals surface area contributed by atoms with E-state index in [1.807, 2.05) is 13.8 Å². The molecule has 3 aliphatic carbocycles. The second kappa shape index (κ2) is 14.3. The van der Waals surface area contributed by atoms with Crippen LogP contribution in [0.4, 0.5) is 0 Å². The molecule has 36 heavy (non-hydrogen) atoms. The maximum Gasteiger partial charge on any atom is 0.337 e. The summed E-state index contributed by atoms with van der Waals surface area (Å²) >= 11 is 0. The SMILES string of the molecule is CCOCC.O=C(O)C(C1CCCCC1)C(O)(C(=O)O)C(C(=O)O)(C1CCCCC1)C1CCCCC1. The molecule has 3 aliphatic rings. The first-order valence-corrected chi connectivity index (χ1v) is 14.2. The average Bonchev–Trinajstić information content (AvgIpc) is 2.87. The van der Waals surface area contributed by atoms with E-state index in [4.69, 9.17) is 4.74 Å². The topological polar surface area (TPSA) is 141 Å². The number of carbonyl (C=O) groups is 3. The van der Waals surface area contributed by atoms with Gasteiger partial charge in [-0.3, -0.25) is 9.59 Å². The Hall–Kier alpha value is -1.67. The summed E-state index contributed by atoms with van der Waals surface area (Å²) in [5, 5.41) is 43.5. The number of rotatable bonds is 10. The Morgan fingerprint density at radius 1 is 0.694 bits per heavy atom. The number of hydrogen-bond acceptors (Lipinski definition) is 5. The van der Waals surface area contributed by atoms with Crippen LogP contribution in [0.1, 0.15) is 110 Å². The van der Waals surface area contributed by atoms with Crippen LogP contribution >= 0.6 is 0 Å². The van der Waals surface area contributed by atoms with Gasteiger partial charge < -0.3 is 25.2 Å². The van der Waals surface area contributed by atoms with Crippen molar-refractivity contribution >= 4 is 17.9 Å². The molecular formula is C28H48O8. The zero-order valence-electron chi connectivity index (χ0n) is 22.3. The maximum atomic E-state index is 13.2. The number of ether oxygens (including phenoxy) is 1. The lowest BCUT2D eigenvalue weighted by Crippen LogP contribution is -2.70. The molecule has 0 radical (unpaired) electrons. The van der Waals surface area contributed by atoms with Crippen molar-refractivity contribution in [1.29, 1.82) is 0 Å². The number of carboxylic acid groups (broad SMARTS) is 3. The highest BCUT2D eigenvalue weighted by Crippen LogP contribution is 2.59. The Morgan fingerprint density at radius 3 is 1.36 bits per heavy atom. The molecule has 3 saturated carbocycles. The Labute approximate surface area is 215 Å². The van der Waals surface area contributed by atoms with Gasteiger partial charge in [0.1, 0.15) is 11.3 Å². The highest BCUT2D eigenvalue weighted by Gasteiger charge is 2.72. The van der Waals surface area contributed by atoms with E-state index in [0.29, 0.717) is 38.5 Å². The van der Waals surface area contributed by atoms with Gasteiger partial charge >= 0.3 is 17.9 Å². The third kappa shape index (κ3) is 6.24. The van der Waals surface area contributed by atoms with Crippen molar-refractivity contribution in [3.8, 4) is 0 Å². The van der Waals surface area contributed by atoms with E-state index in [1.165, 1.54) is 0 Å². The lowest BCUT2D eigenvalue weighted by Gasteiger charge is -2.55. The number of hydrogen-bond donors (Lipinski definition) is 4. The Balaban J connectivity index is 0.000000830. The summed E-state index contributed by atoms with van der Waals surface area (Å²) in [5.41, 5.74) is -4.82. The minimum absolute atomic E-state index is 0.511. The van der Waals surface area contributed by atoms with Gasteiger partial charge in [0.05, 0.1) is 0 Å². The quantitative estimate of drug-likeness (QED) is 0.307. The fourth-order valence-corrected chi connectivity index (χ4v) is 7.54. The Morgan fingerprint density at radius 2 is 1.08 bits per heavy atom. The molecule has 0 aromatic rings. The molecule has 0 aromatic heterocycles. The highest BCUT2D eigenvalue weighted by atomic mass is 16.5. The molecule has 0 amide bonds. The minimum Gasteiger partial charge on any atom is -0.481 e. The summed E-state index contributed by atoms with van der Waals surface area (Å²) in [6.07, 6.45) is 10.6. The van der Waals surface area contributed by atoms with Crippen LogP contribution in [0.25, 0.3) is 0 Å². The monoisotopic (exact) mass is 512 g/mol. The molecular weight excluding hydrogens is 464 g/mol. The van der Waals surface area contributed by atoms with Crippen LogP contribution in [0.5, 0.6) is 0 Å². The first-order chi connectivity index (χ1) is 17.2. The van der Waals surface area contributed by atoms with Gasteiger partial charge in [-0.1, -0.05) is 57.8 Å². The third-order valence-corrected chi connectivity index (χ3v) is 9.05. The normalized spacial score (nSPS) is 23.1. The molecule has 2 unspecified atom stereocenters. The average molecular weight is 513 g/mol. The van der Waals surface area contributed by atoms with Gasteiger partial charge in [0.15, 0.2) is 5.60 Å². The van der Waals surface area contributed by atoms with Crippen LogP contribution in [-0.2, 0) is 19.1 Å². The lowest BCUT2D eigenvalue weighted by molar-refractivity contribution is -0.231. The summed E-state index contributed by atoms with van der Waals surface area (Å²) in [6.45, 7) is 5.67. The van der Waals surface area contributed by atoms with E-state index in [1.54, 1.807) is 0 Å². The van der Waals surface area contributed by atoms with Gasteiger partial charge in [-0.2, -0.15) is 0 Å². The molecule has 0 heterocycles.